The zero-order chi connectivity index (χ0) is 13.0. The second-order valence-electron chi connectivity index (χ2n) is 4.50. The van der Waals surface area contributed by atoms with Crippen LogP contribution < -0.4 is 5.32 Å². The van der Waals surface area contributed by atoms with Crippen LogP contribution in [0.1, 0.15) is 11.3 Å². The molecule has 0 bridgehead atoms. The van der Waals surface area contributed by atoms with E-state index >= 15 is 0 Å². The highest BCUT2D eigenvalue weighted by Crippen LogP contribution is 2.23. The fourth-order valence-electron chi connectivity index (χ4n) is 1.90. The molecule has 98 valence electrons. The minimum atomic E-state index is 0.200. The predicted molar refractivity (Wildman–Crippen MR) is 75.9 cm³/mol. The first-order valence-electron chi connectivity index (χ1n) is 6.02. The van der Waals surface area contributed by atoms with Crippen LogP contribution in [0.25, 0.3) is 0 Å². The lowest BCUT2D eigenvalue weighted by Crippen LogP contribution is -2.45. The highest BCUT2D eigenvalue weighted by molar-refractivity contribution is 7.16. The van der Waals surface area contributed by atoms with E-state index in [1.807, 2.05) is 17.0 Å². The summed E-state index contributed by atoms with van der Waals surface area (Å²) in [7, 11) is 0. The van der Waals surface area contributed by atoms with Crippen molar-refractivity contribution in [1.29, 1.82) is 0 Å². The van der Waals surface area contributed by atoms with E-state index in [-0.39, 0.29) is 5.91 Å². The Balaban J connectivity index is 1.93. The Morgan fingerprint density at radius 3 is 2.89 bits per heavy atom. The first-order valence-corrected chi connectivity index (χ1v) is 7.22. The maximum absolute atomic E-state index is 12.2. The quantitative estimate of drug-likeness (QED) is 0.814. The minimum Gasteiger partial charge on any atom is -0.334 e. The van der Waals surface area contributed by atoms with Gasteiger partial charge in [-0.2, -0.15) is 0 Å². The number of hydrogen-bond donors (Lipinski definition) is 1. The van der Waals surface area contributed by atoms with Gasteiger partial charge in [0, 0.05) is 17.8 Å². The summed E-state index contributed by atoms with van der Waals surface area (Å²) in [5, 5.41) is 3.18. The monoisotopic (exact) mass is 284 g/mol. The average molecular weight is 285 g/mol. The molecule has 0 aliphatic carbocycles. The first kappa shape index (κ1) is 13.6. The highest BCUT2D eigenvalue weighted by Gasteiger charge is 2.23. The van der Waals surface area contributed by atoms with Crippen LogP contribution in [0.4, 0.5) is 0 Å². The van der Waals surface area contributed by atoms with Crippen LogP contribution in [0.3, 0.4) is 0 Å². The molecule has 0 radical (unpaired) electrons. The van der Waals surface area contributed by atoms with Crippen molar-refractivity contribution in [3.8, 4) is 0 Å². The van der Waals surface area contributed by atoms with E-state index in [0.717, 1.165) is 22.3 Å². The maximum Gasteiger partial charge on any atom is 0.223 e. The first-order chi connectivity index (χ1) is 8.69. The van der Waals surface area contributed by atoms with Crippen molar-refractivity contribution >= 4 is 28.8 Å². The molecule has 1 aliphatic heterocycles. The molecule has 1 fully saturated rings. The fourth-order valence-corrected chi connectivity index (χ4v) is 3.01. The number of carbonyl (C=O) groups excluding carboxylic acids is 1. The van der Waals surface area contributed by atoms with Crippen molar-refractivity contribution in [3.63, 3.8) is 0 Å². The van der Waals surface area contributed by atoms with Crippen LogP contribution in [0.5, 0.6) is 0 Å². The molecule has 0 atom stereocenters. The molecule has 5 heteroatoms. The molecule has 0 unspecified atom stereocenters. The molecule has 0 aromatic carbocycles. The summed E-state index contributed by atoms with van der Waals surface area (Å²) < 4.78 is 0.763. The van der Waals surface area contributed by atoms with Gasteiger partial charge in [0.15, 0.2) is 0 Å². The SMILES string of the molecule is C=CCN(Cc1ccc(Cl)s1)C(=O)CC1CNC1. The summed E-state index contributed by atoms with van der Waals surface area (Å²) in [6.07, 6.45) is 2.39. The van der Waals surface area contributed by atoms with E-state index in [1.165, 1.54) is 11.3 Å². The minimum absolute atomic E-state index is 0.200. The van der Waals surface area contributed by atoms with E-state index in [2.05, 4.69) is 11.9 Å². The van der Waals surface area contributed by atoms with Gasteiger partial charge in [0.25, 0.3) is 0 Å². The van der Waals surface area contributed by atoms with Crippen LogP contribution in [0.2, 0.25) is 4.34 Å². The Morgan fingerprint density at radius 2 is 2.39 bits per heavy atom. The normalized spacial score (nSPS) is 15.2. The Morgan fingerprint density at radius 1 is 1.61 bits per heavy atom. The zero-order valence-electron chi connectivity index (χ0n) is 10.2. The average Bonchev–Trinajstić information content (AvgIpc) is 2.68. The third kappa shape index (κ3) is 3.57. The smallest absolute Gasteiger partial charge is 0.223 e. The number of nitrogens with zero attached hydrogens (tertiary/aromatic N) is 1. The Kier molecular flexibility index (Phi) is 4.80. The molecule has 1 aromatic rings. The van der Waals surface area contributed by atoms with Crippen molar-refractivity contribution in [2.45, 2.75) is 13.0 Å². The van der Waals surface area contributed by atoms with Gasteiger partial charge in [0.1, 0.15) is 0 Å². The van der Waals surface area contributed by atoms with Crippen LogP contribution in [0.15, 0.2) is 24.8 Å². The Bertz CT molecular complexity index is 428. The maximum atomic E-state index is 12.2. The van der Waals surface area contributed by atoms with Gasteiger partial charge in [-0.05, 0) is 31.1 Å². The van der Waals surface area contributed by atoms with E-state index in [9.17, 15) is 4.79 Å². The van der Waals surface area contributed by atoms with Gasteiger partial charge in [-0.25, -0.2) is 0 Å². The van der Waals surface area contributed by atoms with Gasteiger partial charge >= 0.3 is 0 Å². The third-order valence-corrected chi connectivity index (χ3v) is 4.22. The summed E-state index contributed by atoms with van der Waals surface area (Å²) in [6, 6.07) is 3.84. The second-order valence-corrected chi connectivity index (χ2v) is 6.30. The molecule has 1 aliphatic rings. The lowest BCUT2D eigenvalue weighted by atomic mass is 9.98. The Hall–Kier alpha value is -0.840. The summed E-state index contributed by atoms with van der Waals surface area (Å²) in [4.78, 5) is 15.1. The number of thiophene rings is 1. The van der Waals surface area contributed by atoms with E-state index < -0.39 is 0 Å². The van der Waals surface area contributed by atoms with Crippen molar-refractivity contribution in [2.75, 3.05) is 19.6 Å². The van der Waals surface area contributed by atoms with Gasteiger partial charge in [-0.3, -0.25) is 4.79 Å². The van der Waals surface area contributed by atoms with Crippen LogP contribution in [0, 0.1) is 5.92 Å². The van der Waals surface area contributed by atoms with Gasteiger partial charge in [-0.15, -0.1) is 17.9 Å². The fraction of sp³-hybridized carbons (Fsp3) is 0.462. The molecule has 0 saturated carbocycles. The molecule has 3 nitrogen and oxygen atoms in total. The van der Waals surface area contributed by atoms with Gasteiger partial charge in [-0.1, -0.05) is 17.7 Å². The zero-order valence-corrected chi connectivity index (χ0v) is 11.8. The number of nitrogens with one attached hydrogen (secondary N) is 1. The molecule has 1 saturated heterocycles. The second kappa shape index (κ2) is 6.36. The summed E-state index contributed by atoms with van der Waals surface area (Å²) in [5.41, 5.74) is 0. The van der Waals surface area contributed by atoms with Crippen LogP contribution in [-0.4, -0.2) is 30.4 Å². The van der Waals surface area contributed by atoms with E-state index in [1.54, 1.807) is 6.08 Å². The summed E-state index contributed by atoms with van der Waals surface area (Å²) in [6.45, 7) is 6.85. The molecular formula is C13H17ClN2OS. The number of rotatable bonds is 6. The molecule has 1 N–H and O–H groups in total. The third-order valence-electron chi connectivity index (χ3n) is 3.01. The van der Waals surface area contributed by atoms with E-state index in [4.69, 9.17) is 11.6 Å². The molecular weight excluding hydrogens is 268 g/mol. The standard InChI is InChI=1S/C13H17ClN2OS/c1-2-5-16(9-11-3-4-12(14)18-11)13(17)6-10-7-15-8-10/h2-4,10,15H,1,5-9H2. The number of halogens is 1. The molecule has 2 rings (SSSR count). The van der Waals surface area contributed by atoms with Gasteiger partial charge in [0.2, 0.25) is 5.91 Å². The Labute approximate surface area is 116 Å². The van der Waals surface area contributed by atoms with Crippen molar-refractivity contribution in [2.24, 2.45) is 5.92 Å². The highest BCUT2D eigenvalue weighted by atomic mass is 35.5. The molecule has 18 heavy (non-hydrogen) atoms. The summed E-state index contributed by atoms with van der Waals surface area (Å²) >= 11 is 7.43. The number of amides is 1. The topological polar surface area (TPSA) is 32.3 Å². The predicted octanol–water partition coefficient (Wildman–Crippen LogP) is 2.53. The van der Waals surface area contributed by atoms with Gasteiger partial charge < -0.3 is 10.2 Å². The van der Waals surface area contributed by atoms with Crippen molar-refractivity contribution < 1.29 is 4.79 Å². The summed E-state index contributed by atoms with van der Waals surface area (Å²) in [5.74, 6) is 0.697. The number of carbonyl (C=O) groups is 1. The lowest BCUT2D eigenvalue weighted by Gasteiger charge is -2.29. The molecule has 1 aromatic heterocycles. The van der Waals surface area contributed by atoms with Crippen molar-refractivity contribution in [3.05, 3.63) is 34.0 Å². The number of hydrogen-bond acceptors (Lipinski definition) is 3. The lowest BCUT2D eigenvalue weighted by molar-refractivity contribution is -0.132. The molecule has 0 spiro atoms. The van der Waals surface area contributed by atoms with E-state index in [0.29, 0.717) is 25.4 Å². The van der Waals surface area contributed by atoms with Crippen molar-refractivity contribution in [1.82, 2.24) is 10.2 Å². The molecule has 2 heterocycles. The van der Waals surface area contributed by atoms with Gasteiger partial charge in [0.05, 0.1) is 10.9 Å². The van der Waals surface area contributed by atoms with Crippen LogP contribution >= 0.6 is 22.9 Å². The van der Waals surface area contributed by atoms with Crippen LogP contribution in [-0.2, 0) is 11.3 Å². The molecule has 1 amide bonds. The largest absolute Gasteiger partial charge is 0.334 e.